The predicted molar refractivity (Wildman–Crippen MR) is 64.5 cm³/mol. The van der Waals surface area contributed by atoms with Gasteiger partial charge in [-0.05, 0) is 16.5 Å². The number of ketones is 1. The van der Waals surface area contributed by atoms with Gasteiger partial charge in [0.15, 0.2) is 0 Å². The quantitative estimate of drug-likeness (QED) is 0.799. The fourth-order valence-electron chi connectivity index (χ4n) is 1.64. The molecule has 0 aliphatic rings. The maximum Gasteiger partial charge on any atom is 0.395 e. The zero-order valence-electron chi connectivity index (χ0n) is 10.8. The standard InChI is InChI=1S/C14H17F3O/c1-13(2,3)11-6-4-10(5-7-11)8-12(18)9-14(15,16)17/h4-7H,8-9H2,1-3H3. The topological polar surface area (TPSA) is 17.1 Å². The van der Waals surface area contributed by atoms with Crippen molar-refractivity contribution in [3.63, 3.8) is 0 Å². The minimum Gasteiger partial charge on any atom is -0.299 e. The number of carbonyl (C=O) groups excluding carboxylic acids is 1. The Hall–Kier alpha value is -1.32. The third kappa shape index (κ3) is 4.90. The van der Waals surface area contributed by atoms with Crippen LogP contribution in [0.1, 0.15) is 38.3 Å². The molecule has 0 saturated heterocycles. The Morgan fingerprint density at radius 2 is 1.56 bits per heavy atom. The van der Waals surface area contributed by atoms with Gasteiger partial charge in [0.05, 0.1) is 0 Å². The Morgan fingerprint density at radius 3 is 1.94 bits per heavy atom. The lowest BCUT2D eigenvalue weighted by Crippen LogP contribution is -2.16. The van der Waals surface area contributed by atoms with Crippen LogP contribution < -0.4 is 0 Å². The van der Waals surface area contributed by atoms with Crippen molar-refractivity contribution in [3.8, 4) is 0 Å². The first-order valence-electron chi connectivity index (χ1n) is 5.76. The molecule has 0 bridgehead atoms. The molecule has 0 aliphatic carbocycles. The lowest BCUT2D eigenvalue weighted by Gasteiger charge is -2.19. The molecule has 0 fully saturated rings. The first-order chi connectivity index (χ1) is 8.08. The fraction of sp³-hybridized carbons (Fsp3) is 0.500. The molecule has 0 amide bonds. The second-order valence-electron chi connectivity index (χ2n) is 5.45. The number of Topliss-reactive ketones (excluding diaryl/α,β-unsaturated/α-hetero) is 1. The van der Waals surface area contributed by atoms with Gasteiger partial charge in [0, 0.05) is 6.42 Å². The van der Waals surface area contributed by atoms with Crippen molar-refractivity contribution in [2.24, 2.45) is 0 Å². The number of halogens is 3. The second-order valence-corrected chi connectivity index (χ2v) is 5.45. The van der Waals surface area contributed by atoms with Crippen LogP contribution in [-0.4, -0.2) is 12.0 Å². The predicted octanol–water partition coefficient (Wildman–Crippen LogP) is 4.05. The summed E-state index contributed by atoms with van der Waals surface area (Å²) in [6, 6.07) is 7.15. The van der Waals surface area contributed by atoms with Gasteiger partial charge in [0.25, 0.3) is 0 Å². The third-order valence-corrected chi connectivity index (χ3v) is 2.62. The van der Waals surface area contributed by atoms with E-state index in [1.165, 1.54) is 0 Å². The first-order valence-corrected chi connectivity index (χ1v) is 5.76. The van der Waals surface area contributed by atoms with E-state index in [0.717, 1.165) is 5.56 Å². The van der Waals surface area contributed by atoms with E-state index >= 15 is 0 Å². The van der Waals surface area contributed by atoms with Gasteiger partial charge in [0.2, 0.25) is 0 Å². The summed E-state index contributed by atoms with van der Waals surface area (Å²) < 4.78 is 36.0. The molecule has 1 aromatic rings. The van der Waals surface area contributed by atoms with Gasteiger partial charge in [-0.25, -0.2) is 0 Å². The number of benzene rings is 1. The Balaban J connectivity index is 2.67. The molecule has 1 nitrogen and oxygen atoms in total. The maximum absolute atomic E-state index is 12.0. The van der Waals surface area contributed by atoms with Gasteiger partial charge in [-0.15, -0.1) is 0 Å². The third-order valence-electron chi connectivity index (χ3n) is 2.62. The molecular weight excluding hydrogens is 241 g/mol. The molecule has 0 radical (unpaired) electrons. The molecule has 0 aromatic heterocycles. The van der Waals surface area contributed by atoms with Crippen molar-refractivity contribution >= 4 is 5.78 Å². The Bertz CT molecular complexity index is 410. The van der Waals surface area contributed by atoms with Crippen molar-refractivity contribution in [1.82, 2.24) is 0 Å². The van der Waals surface area contributed by atoms with Crippen LogP contribution in [0.5, 0.6) is 0 Å². The van der Waals surface area contributed by atoms with E-state index in [-0.39, 0.29) is 11.8 Å². The summed E-state index contributed by atoms with van der Waals surface area (Å²) in [5.41, 5.74) is 1.71. The number of hydrogen-bond donors (Lipinski definition) is 0. The number of rotatable bonds is 3. The van der Waals surface area contributed by atoms with Crippen molar-refractivity contribution in [2.45, 2.75) is 45.2 Å². The molecule has 0 unspecified atom stereocenters. The van der Waals surface area contributed by atoms with Crippen LogP contribution in [0, 0.1) is 0 Å². The summed E-state index contributed by atoms with van der Waals surface area (Å²) >= 11 is 0. The SMILES string of the molecule is CC(C)(C)c1ccc(CC(=O)CC(F)(F)F)cc1. The molecule has 0 heterocycles. The minimum absolute atomic E-state index is 0.00545. The van der Waals surface area contributed by atoms with Crippen LogP contribution in [0.2, 0.25) is 0 Å². The van der Waals surface area contributed by atoms with Crippen molar-refractivity contribution < 1.29 is 18.0 Å². The average Bonchev–Trinajstić information content (AvgIpc) is 2.13. The zero-order valence-corrected chi connectivity index (χ0v) is 10.8. The van der Waals surface area contributed by atoms with E-state index in [2.05, 4.69) is 20.8 Å². The van der Waals surface area contributed by atoms with E-state index in [1.807, 2.05) is 12.1 Å². The monoisotopic (exact) mass is 258 g/mol. The molecule has 18 heavy (non-hydrogen) atoms. The Morgan fingerprint density at radius 1 is 1.06 bits per heavy atom. The number of carbonyl (C=O) groups is 1. The van der Waals surface area contributed by atoms with Gasteiger partial charge in [0.1, 0.15) is 12.2 Å². The molecule has 1 rings (SSSR count). The lowest BCUT2D eigenvalue weighted by molar-refractivity contribution is -0.151. The summed E-state index contributed by atoms with van der Waals surface area (Å²) in [4.78, 5) is 11.2. The van der Waals surface area contributed by atoms with E-state index in [0.29, 0.717) is 5.56 Å². The van der Waals surface area contributed by atoms with E-state index in [9.17, 15) is 18.0 Å². The molecule has 0 atom stereocenters. The lowest BCUT2D eigenvalue weighted by atomic mass is 9.86. The summed E-state index contributed by atoms with van der Waals surface area (Å²) in [7, 11) is 0. The van der Waals surface area contributed by atoms with Crippen molar-refractivity contribution in [1.29, 1.82) is 0 Å². The summed E-state index contributed by atoms with van der Waals surface area (Å²) in [5, 5.41) is 0. The number of hydrogen-bond acceptors (Lipinski definition) is 1. The van der Waals surface area contributed by atoms with Crippen LogP contribution >= 0.6 is 0 Å². The minimum atomic E-state index is -4.41. The highest BCUT2D eigenvalue weighted by Gasteiger charge is 2.30. The average molecular weight is 258 g/mol. The van der Waals surface area contributed by atoms with E-state index in [4.69, 9.17) is 0 Å². The molecule has 0 saturated carbocycles. The van der Waals surface area contributed by atoms with Crippen LogP contribution in [0.3, 0.4) is 0 Å². The van der Waals surface area contributed by atoms with Crippen LogP contribution in [0.25, 0.3) is 0 Å². The fourth-order valence-corrected chi connectivity index (χ4v) is 1.64. The highest BCUT2D eigenvalue weighted by atomic mass is 19.4. The molecule has 4 heteroatoms. The molecule has 0 N–H and O–H groups in total. The molecule has 0 spiro atoms. The summed E-state index contributed by atoms with van der Waals surface area (Å²) in [6.07, 6.45) is -5.93. The summed E-state index contributed by atoms with van der Waals surface area (Å²) in [5.74, 6) is -0.800. The second kappa shape index (κ2) is 5.12. The summed E-state index contributed by atoms with van der Waals surface area (Å²) in [6.45, 7) is 6.16. The molecular formula is C14H17F3O. The van der Waals surface area contributed by atoms with Crippen LogP contribution in [0.15, 0.2) is 24.3 Å². The molecule has 0 aliphatic heterocycles. The zero-order chi connectivity index (χ0) is 14.0. The van der Waals surface area contributed by atoms with E-state index < -0.39 is 18.4 Å². The highest BCUT2D eigenvalue weighted by Crippen LogP contribution is 2.23. The smallest absolute Gasteiger partial charge is 0.299 e. The maximum atomic E-state index is 12.0. The Labute approximate surface area is 105 Å². The van der Waals surface area contributed by atoms with Gasteiger partial charge < -0.3 is 0 Å². The van der Waals surface area contributed by atoms with Gasteiger partial charge in [-0.3, -0.25) is 4.79 Å². The number of alkyl halides is 3. The molecule has 100 valence electrons. The van der Waals surface area contributed by atoms with Gasteiger partial charge >= 0.3 is 6.18 Å². The van der Waals surface area contributed by atoms with Gasteiger partial charge in [-0.2, -0.15) is 13.2 Å². The van der Waals surface area contributed by atoms with Gasteiger partial charge in [-0.1, -0.05) is 45.0 Å². The highest BCUT2D eigenvalue weighted by molar-refractivity contribution is 5.81. The normalized spacial score (nSPS) is 12.6. The van der Waals surface area contributed by atoms with Crippen molar-refractivity contribution in [3.05, 3.63) is 35.4 Å². The first kappa shape index (κ1) is 14.7. The van der Waals surface area contributed by atoms with E-state index in [1.54, 1.807) is 12.1 Å². The van der Waals surface area contributed by atoms with Crippen LogP contribution in [0.4, 0.5) is 13.2 Å². The van der Waals surface area contributed by atoms with Crippen LogP contribution in [-0.2, 0) is 16.6 Å². The molecule has 1 aromatic carbocycles. The Kier molecular flexibility index (Phi) is 4.20. The largest absolute Gasteiger partial charge is 0.395 e. The van der Waals surface area contributed by atoms with Crippen molar-refractivity contribution in [2.75, 3.05) is 0 Å².